The summed E-state index contributed by atoms with van der Waals surface area (Å²) in [4.78, 5) is 13.0. The molecule has 1 saturated heterocycles. The second kappa shape index (κ2) is 6.28. The number of nitrogens with zero attached hydrogens (tertiary/aromatic N) is 4. The van der Waals surface area contributed by atoms with E-state index in [9.17, 15) is 5.11 Å². The summed E-state index contributed by atoms with van der Waals surface area (Å²) in [7, 11) is 0. The lowest BCUT2D eigenvalue weighted by atomic mass is 10.0. The van der Waals surface area contributed by atoms with Crippen LogP contribution in [-0.4, -0.2) is 52.8 Å². The summed E-state index contributed by atoms with van der Waals surface area (Å²) in [5.74, 6) is 1.84. The lowest BCUT2D eigenvalue weighted by Gasteiger charge is -2.38. The van der Waals surface area contributed by atoms with Crippen LogP contribution in [0, 0.1) is 0 Å². The predicted molar refractivity (Wildman–Crippen MR) is 91.5 cm³/mol. The van der Waals surface area contributed by atoms with Gasteiger partial charge in [0.1, 0.15) is 5.75 Å². The Labute approximate surface area is 141 Å². The highest BCUT2D eigenvalue weighted by atomic mass is 16.5. The molecule has 0 radical (unpaired) electrons. The molecule has 3 heterocycles. The van der Waals surface area contributed by atoms with E-state index in [4.69, 9.17) is 4.74 Å². The molecule has 6 nitrogen and oxygen atoms in total. The van der Waals surface area contributed by atoms with E-state index in [-0.39, 0.29) is 5.75 Å². The average molecular weight is 326 g/mol. The molecule has 4 rings (SSSR count). The van der Waals surface area contributed by atoms with E-state index < -0.39 is 0 Å². The summed E-state index contributed by atoms with van der Waals surface area (Å²) >= 11 is 0. The van der Waals surface area contributed by atoms with Crippen LogP contribution in [0.25, 0.3) is 0 Å². The molecule has 1 fully saturated rings. The molecule has 1 atom stereocenters. The Morgan fingerprint density at radius 1 is 1.12 bits per heavy atom. The van der Waals surface area contributed by atoms with Crippen molar-refractivity contribution in [2.24, 2.45) is 0 Å². The average Bonchev–Trinajstić information content (AvgIpc) is 3.09. The number of piperazine rings is 1. The summed E-state index contributed by atoms with van der Waals surface area (Å²) in [6.07, 6.45) is 3.92. The summed E-state index contributed by atoms with van der Waals surface area (Å²) in [5, 5.41) is 9.30. The van der Waals surface area contributed by atoms with Crippen molar-refractivity contribution in [3.8, 4) is 11.5 Å². The second-order valence-electron chi connectivity index (χ2n) is 6.41. The van der Waals surface area contributed by atoms with Gasteiger partial charge in [0, 0.05) is 38.6 Å². The van der Waals surface area contributed by atoms with Crippen LogP contribution in [0.1, 0.15) is 24.1 Å². The van der Waals surface area contributed by atoms with Gasteiger partial charge in [0.05, 0.1) is 19.0 Å². The molecule has 0 aliphatic carbocycles. The standard InChI is InChI=1S/C18H22N4O2/c1-13(15-3-2-14-4-9-24-17(14)10-15)21-5-7-22(8-6-21)18-19-11-16(23)12-20-18/h2-3,10-13,23H,4-9H2,1H3. The van der Waals surface area contributed by atoms with Gasteiger partial charge in [-0.3, -0.25) is 4.90 Å². The van der Waals surface area contributed by atoms with Crippen LogP contribution in [-0.2, 0) is 6.42 Å². The van der Waals surface area contributed by atoms with E-state index in [0.717, 1.165) is 45.0 Å². The van der Waals surface area contributed by atoms with Gasteiger partial charge < -0.3 is 14.7 Å². The molecule has 2 aliphatic heterocycles. The Hall–Kier alpha value is -2.34. The van der Waals surface area contributed by atoms with Crippen LogP contribution < -0.4 is 9.64 Å². The van der Waals surface area contributed by atoms with E-state index in [1.165, 1.54) is 23.5 Å². The van der Waals surface area contributed by atoms with Crippen molar-refractivity contribution in [3.05, 3.63) is 41.7 Å². The largest absolute Gasteiger partial charge is 0.505 e. The molecular weight excluding hydrogens is 304 g/mol. The summed E-state index contributed by atoms with van der Waals surface area (Å²) < 4.78 is 5.70. The van der Waals surface area contributed by atoms with Crippen LogP contribution in [0.5, 0.6) is 11.5 Å². The van der Waals surface area contributed by atoms with Crippen molar-refractivity contribution in [1.82, 2.24) is 14.9 Å². The maximum Gasteiger partial charge on any atom is 0.225 e. The van der Waals surface area contributed by atoms with Crippen LogP contribution in [0.15, 0.2) is 30.6 Å². The van der Waals surface area contributed by atoms with Crippen molar-refractivity contribution in [2.75, 3.05) is 37.7 Å². The van der Waals surface area contributed by atoms with E-state index in [2.05, 4.69) is 44.9 Å². The zero-order chi connectivity index (χ0) is 16.5. The maximum atomic E-state index is 9.30. The van der Waals surface area contributed by atoms with E-state index in [0.29, 0.717) is 12.0 Å². The maximum absolute atomic E-state index is 9.30. The van der Waals surface area contributed by atoms with Crippen molar-refractivity contribution in [3.63, 3.8) is 0 Å². The fourth-order valence-corrected chi connectivity index (χ4v) is 3.44. The highest BCUT2D eigenvalue weighted by molar-refractivity contribution is 5.41. The van der Waals surface area contributed by atoms with Crippen molar-refractivity contribution >= 4 is 5.95 Å². The molecule has 0 amide bonds. The second-order valence-corrected chi connectivity index (χ2v) is 6.41. The summed E-state index contributed by atoms with van der Waals surface area (Å²) in [5.41, 5.74) is 2.63. The predicted octanol–water partition coefficient (Wildman–Crippen LogP) is 2.00. The quantitative estimate of drug-likeness (QED) is 0.931. The number of anilines is 1. The molecule has 1 aromatic carbocycles. The minimum absolute atomic E-state index is 0.102. The van der Waals surface area contributed by atoms with E-state index in [1.807, 2.05) is 0 Å². The SMILES string of the molecule is CC(c1ccc2c(c1)OCC2)N1CCN(c2ncc(O)cn2)CC1. The fraction of sp³-hybridized carbons (Fsp3) is 0.444. The molecule has 0 bridgehead atoms. The van der Waals surface area contributed by atoms with Gasteiger partial charge in [-0.2, -0.15) is 0 Å². The van der Waals surface area contributed by atoms with Crippen LogP contribution >= 0.6 is 0 Å². The Morgan fingerprint density at radius 2 is 1.88 bits per heavy atom. The van der Waals surface area contributed by atoms with Gasteiger partial charge in [-0.25, -0.2) is 9.97 Å². The minimum atomic E-state index is 0.102. The first-order valence-electron chi connectivity index (χ1n) is 8.46. The molecule has 1 aromatic heterocycles. The lowest BCUT2D eigenvalue weighted by molar-refractivity contribution is 0.197. The molecule has 0 spiro atoms. The summed E-state index contributed by atoms with van der Waals surface area (Å²) in [6, 6.07) is 6.99. The van der Waals surface area contributed by atoms with Crippen LogP contribution in [0.2, 0.25) is 0 Å². The normalized spacial score (nSPS) is 19.0. The number of hydrogen-bond acceptors (Lipinski definition) is 6. The monoisotopic (exact) mass is 326 g/mol. The first kappa shape index (κ1) is 15.2. The Balaban J connectivity index is 1.41. The number of aromatic nitrogens is 2. The zero-order valence-corrected chi connectivity index (χ0v) is 13.9. The Kier molecular flexibility index (Phi) is 3.98. The zero-order valence-electron chi connectivity index (χ0n) is 13.9. The number of rotatable bonds is 3. The Bertz CT molecular complexity index is 711. The smallest absolute Gasteiger partial charge is 0.225 e. The first-order valence-corrected chi connectivity index (χ1v) is 8.46. The van der Waals surface area contributed by atoms with E-state index in [1.54, 1.807) is 0 Å². The van der Waals surface area contributed by atoms with Gasteiger partial charge >= 0.3 is 0 Å². The third kappa shape index (κ3) is 2.89. The van der Waals surface area contributed by atoms with Gasteiger partial charge in [0.25, 0.3) is 0 Å². The molecule has 1 N–H and O–H groups in total. The fourth-order valence-electron chi connectivity index (χ4n) is 3.44. The van der Waals surface area contributed by atoms with Crippen molar-refractivity contribution in [2.45, 2.75) is 19.4 Å². The van der Waals surface area contributed by atoms with Crippen LogP contribution in [0.4, 0.5) is 5.95 Å². The third-order valence-electron chi connectivity index (χ3n) is 4.97. The van der Waals surface area contributed by atoms with E-state index >= 15 is 0 Å². The molecule has 126 valence electrons. The third-order valence-corrected chi connectivity index (χ3v) is 4.97. The molecule has 2 aromatic rings. The van der Waals surface area contributed by atoms with Gasteiger partial charge in [0.2, 0.25) is 5.95 Å². The Morgan fingerprint density at radius 3 is 2.62 bits per heavy atom. The molecule has 6 heteroatoms. The van der Waals surface area contributed by atoms with Gasteiger partial charge in [-0.15, -0.1) is 0 Å². The molecular formula is C18H22N4O2. The summed E-state index contributed by atoms with van der Waals surface area (Å²) in [6.45, 7) is 6.75. The van der Waals surface area contributed by atoms with Crippen molar-refractivity contribution < 1.29 is 9.84 Å². The highest BCUT2D eigenvalue weighted by Gasteiger charge is 2.24. The van der Waals surface area contributed by atoms with Gasteiger partial charge in [-0.1, -0.05) is 12.1 Å². The molecule has 1 unspecified atom stereocenters. The minimum Gasteiger partial charge on any atom is -0.505 e. The number of benzene rings is 1. The van der Waals surface area contributed by atoms with Gasteiger partial charge in [-0.05, 0) is 24.1 Å². The molecule has 0 saturated carbocycles. The number of aromatic hydroxyl groups is 1. The highest BCUT2D eigenvalue weighted by Crippen LogP contribution is 2.31. The van der Waals surface area contributed by atoms with Crippen LogP contribution in [0.3, 0.4) is 0 Å². The number of hydrogen-bond donors (Lipinski definition) is 1. The van der Waals surface area contributed by atoms with Crippen molar-refractivity contribution in [1.29, 1.82) is 0 Å². The molecule has 2 aliphatic rings. The first-order chi connectivity index (χ1) is 11.7. The number of fused-ring (bicyclic) bond motifs is 1. The molecule has 24 heavy (non-hydrogen) atoms. The number of ether oxygens (including phenoxy) is 1. The topological polar surface area (TPSA) is 61.7 Å². The van der Waals surface area contributed by atoms with Gasteiger partial charge in [0.15, 0.2) is 5.75 Å². The lowest BCUT2D eigenvalue weighted by Crippen LogP contribution is -2.47.